The number of aromatic nitrogens is 1. The van der Waals surface area contributed by atoms with E-state index in [4.69, 9.17) is 4.98 Å². The van der Waals surface area contributed by atoms with Gasteiger partial charge < -0.3 is 0 Å². The van der Waals surface area contributed by atoms with Crippen LogP contribution in [0.25, 0.3) is 67.7 Å². The quantitative estimate of drug-likeness (QED) is 0.163. The average Bonchev–Trinajstić information content (AvgIpc) is 3.44. The van der Waals surface area contributed by atoms with Crippen molar-refractivity contribution in [1.82, 2.24) is 4.98 Å². The summed E-state index contributed by atoms with van der Waals surface area (Å²) in [6.07, 6.45) is 4.37. The third-order valence-electron chi connectivity index (χ3n) is 8.85. The topological polar surface area (TPSA) is 12.9 Å². The van der Waals surface area contributed by atoms with Crippen molar-refractivity contribution in [3.63, 3.8) is 0 Å². The molecule has 1 aliphatic rings. The molecule has 1 heterocycles. The summed E-state index contributed by atoms with van der Waals surface area (Å²) in [7, 11) is 0. The van der Waals surface area contributed by atoms with Crippen molar-refractivity contribution in [3.8, 4) is 44.6 Å². The zero-order valence-corrected chi connectivity index (χ0v) is 29.2. The Balaban J connectivity index is 0.00000357. The van der Waals surface area contributed by atoms with E-state index in [1.807, 2.05) is 6.07 Å². The molecule has 1 aliphatic carbocycles. The van der Waals surface area contributed by atoms with Gasteiger partial charge in [-0.3, -0.25) is 4.98 Å². The Kier molecular flexibility index (Phi) is 8.02. The number of nitrogens with zero attached hydrogens (tertiary/aromatic N) is 1. The summed E-state index contributed by atoms with van der Waals surface area (Å²) in [5.41, 5.74) is 15.5. The standard InChI is InChI=1S/C43H38N.Ir/c1-42(2,3)37-19-15-28(16-20-37)34-24-35(29-17-21-38(22-18-29)43(4,5)6)26-36(25-34)31-10-7-11-32(23-31)40-27-33-14-13-30-9-8-12-39(44-40)41(30)33;/h7-10,12-27H,1-6H3;/q-1;. The first-order valence-electron chi connectivity index (χ1n) is 15.5. The number of benzene rings is 5. The van der Waals surface area contributed by atoms with Gasteiger partial charge in [-0.25, -0.2) is 0 Å². The minimum atomic E-state index is 0. The second kappa shape index (κ2) is 11.7. The van der Waals surface area contributed by atoms with Crippen molar-refractivity contribution < 1.29 is 20.1 Å². The number of hydrogen-bond acceptors (Lipinski definition) is 1. The van der Waals surface area contributed by atoms with E-state index in [1.165, 1.54) is 55.5 Å². The van der Waals surface area contributed by atoms with Gasteiger partial charge >= 0.3 is 0 Å². The molecule has 0 unspecified atom stereocenters. The third-order valence-corrected chi connectivity index (χ3v) is 8.85. The van der Waals surface area contributed by atoms with Crippen molar-refractivity contribution in [2.75, 3.05) is 0 Å². The third kappa shape index (κ3) is 6.10. The molecular formula is C43H38IrN-. The van der Waals surface area contributed by atoms with Gasteiger partial charge in [0.1, 0.15) is 0 Å². The molecule has 7 rings (SSSR count). The fourth-order valence-electron chi connectivity index (χ4n) is 6.18. The zero-order chi connectivity index (χ0) is 30.6. The van der Waals surface area contributed by atoms with Gasteiger partial charge in [-0.1, -0.05) is 120 Å². The van der Waals surface area contributed by atoms with Crippen LogP contribution in [0, 0.1) is 6.07 Å². The first-order valence-corrected chi connectivity index (χ1v) is 15.5. The fraction of sp³-hybridized carbons (Fsp3) is 0.186. The maximum absolute atomic E-state index is 5.06. The first-order chi connectivity index (χ1) is 21.0. The van der Waals surface area contributed by atoms with E-state index in [2.05, 4.69) is 163 Å². The van der Waals surface area contributed by atoms with Crippen LogP contribution < -0.4 is 0 Å². The summed E-state index contributed by atoms with van der Waals surface area (Å²) in [5, 5.41) is 1.24. The molecule has 0 fully saturated rings. The Hall–Kier alpha value is -4.10. The molecule has 0 saturated heterocycles. The van der Waals surface area contributed by atoms with Crippen LogP contribution in [-0.4, -0.2) is 4.98 Å². The monoisotopic (exact) mass is 761 g/mol. The molecular weight excluding hydrogens is 723 g/mol. The Labute approximate surface area is 281 Å². The summed E-state index contributed by atoms with van der Waals surface area (Å²) >= 11 is 0. The van der Waals surface area contributed by atoms with Crippen LogP contribution in [0.5, 0.6) is 0 Å². The van der Waals surface area contributed by atoms with Gasteiger partial charge in [0.05, 0.1) is 5.52 Å². The molecule has 1 aromatic heterocycles. The molecule has 0 saturated carbocycles. The van der Waals surface area contributed by atoms with Crippen molar-refractivity contribution >= 4 is 23.1 Å². The molecule has 0 bridgehead atoms. The molecule has 225 valence electrons. The summed E-state index contributed by atoms with van der Waals surface area (Å²) in [5.74, 6) is 0. The minimum Gasteiger partial charge on any atom is -0.296 e. The van der Waals surface area contributed by atoms with Crippen molar-refractivity contribution in [2.45, 2.75) is 52.4 Å². The van der Waals surface area contributed by atoms with E-state index >= 15 is 0 Å². The predicted octanol–water partition coefficient (Wildman–Crippen LogP) is 11.8. The summed E-state index contributed by atoms with van der Waals surface area (Å²) in [6, 6.07) is 43.5. The van der Waals surface area contributed by atoms with Gasteiger partial charge in [-0.2, -0.15) is 0 Å². The summed E-state index contributed by atoms with van der Waals surface area (Å²) in [4.78, 5) is 5.06. The molecule has 1 radical (unpaired) electrons. The van der Waals surface area contributed by atoms with Crippen LogP contribution in [0.1, 0.15) is 63.8 Å². The van der Waals surface area contributed by atoms with Gasteiger partial charge in [-0.15, -0.1) is 35.4 Å². The molecule has 0 N–H and O–H groups in total. The summed E-state index contributed by atoms with van der Waals surface area (Å²) < 4.78 is 0. The molecule has 5 aromatic carbocycles. The van der Waals surface area contributed by atoms with Gasteiger partial charge in [0.15, 0.2) is 0 Å². The zero-order valence-electron chi connectivity index (χ0n) is 26.8. The second-order valence-electron chi connectivity index (χ2n) is 14.1. The van der Waals surface area contributed by atoms with Crippen LogP contribution >= 0.6 is 0 Å². The minimum absolute atomic E-state index is 0. The van der Waals surface area contributed by atoms with E-state index in [0.717, 1.165) is 22.3 Å². The molecule has 6 aromatic rings. The molecule has 0 aliphatic heterocycles. The van der Waals surface area contributed by atoms with Crippen molar-refractivity contribution in [3.05, 3.63) is 138 Å². The molecule has 0 amide bonds. The average molecular weight is 761 g/mol. The van der Waals surface area contributed by atoms with Gasteiger partial charge in [0.2, 0.25) is 0 Å². The second-order valence-corrected chi connectivity index (χ2v) is 14.1. The van der Waals surface area contributed by atoms with E-state index in [9.17, 15) is 0 Å². The Bertz CT molecular complexity index is 1970. The molecule has 0 spiro atoms. The SMILES string of the molecule is CC(C)(C)c1ccc(-c2cc(-c3ccc(C(C)(C)C)cc3)cc(-c3cc[c-]c(-c4cc5c6c(cccc6n4)C=C5)c3)c2)cc1.[Ir]. The van der Waals surface area contributed by atoms with E-state index in [1.54, 1.807) is 0 Å². The summed E-state index contributed by atoms with van der Waals surface area (Å²) in [6.45, 7) is 13.6. The normalized spacial score (nSPS) is 12.4. The Morgan fingerprint density at radius 3 is 1.60 bits per heavy atom. The van der Waals surface area contributed by atoms with Crippen molar-refractivity contribution in [1.29, 1.82) is 0 Å². The van der Waals surface area contributed by atoms with Gasteiger partial charge in [0.25, 0.3) is 0 Å². The fourth-order valence-corrected chi connectivity index (χ4v) is 6.18. The maximum atomic E-state index is 5.06. The first kappa shape index (κ1) is 30.9. The Morgan fingerprint density at radius 1 is 0.511 bits per heavy atom. The molecule has 45 heavy (non-hydrogen) atoms. The number of rotatable bonds is 4. The predicted molar refractivity (Wildman–Crippen MR) is 189 cm³/mol. The van der Waals surface area contributed by atoms with E-state index in [0.29, 0.717) is 0 Å². The molecule has 0 atom stereocenters. The number of pyridine rings is 1. The van der Waals surface area contributed by atoms with Crippen LogP contribution in [0.3, 0.4) is 0 Å². The van der Waals surface area contributed by atoms with Crippen molar-refractivity contribution in [2.24, 2.45) is 0 Å². The van der Waals surface area contributed by atoms with E-state index in [-0.39, 0.29) is 30.9 Å². The number of hydrogen-bond donors (Lipinski definition) is 0. The smallest absolute Gasteiger partial charge is 0.0607 e. The van der Waals surface area contributed by atoms with E-state index < -0.39 is 0 Å². The molecule has 1 nitrogen and oxygen atoms in total. The van der Waals surface area contributed by atoms with Gasteiger partial charge in [-0.05, 0) is 90.9 Å². The van der Waals surface area contributed by atoms with Crippen LogP contribution in [0.2, 0.25) is 0 Å². The maximum Gasteiger partial charge on any atom is 0.0607 e. The van der Waals surface area contributed by atoms with Crippen LogP contribution in [-0.2, 0) is 30.9 Å². The van der Waals surface area contributed by atoms with Crippen LogP contribution in [0.4, 0.5) is 0 Å². The van der Waals surface area contributed by atoms with Crippen LogP contribution in [0.15, 0.2) is 109 Å². The molecule has 2 heteroatoms. The van der Waals surface area contributed by atoms with Gasteiger partial charge in [0, 0.05) is 25.5 Å². The largest absolute Gasteiger partial charge is 0.296 e. The Morgan fingerprint density at radius 2 is 1.04 bits per heavy atom.